The maximum absolute atomic E-state index is 6.54. The van der Waals surface area contributed by atoms with E-state index in [1.54, 1.807) is 0 Å². The molecule has 0 radical (unpaired) electrons. The van der Waals surface area contributed by atoms with Crippen LogP contribution in [0.5, 0.6) is 0 Å². The lowest BCUT2D eigenvalue weighted by Crippen LogP contribution is -2.52. The van der Waals surface area contributed by atoms with E-state index in [-0.39, 0.29) is 10.1 Å². The molecule has 7 heteroatoms. The summed E-state index contributed by atoms with van der Waals surface area (Å²) in [6, 6.07) is 0. The van der Waals surface area contributed by atoms with Gasteiger partial charge in [0.15, 0.2) is 9.93 Å². The molecular weight excluding hydrogens is 329 g/mol. The lowest BCUT2D eigenvalue weighted by Gasteiger charge is -2.37. The number of ether oxygens (including phenoxy) is 2. The summed E-state index contributed by atoms with van der Waals surface area (Å²) in [4.78, 5) is -2.40. The van der Waals surface area contributed by atoms with Crippen molar-refractivity contribution in [3.05, 3.63) is 10.1 Å². The van der Waals surface area contributed by atoms with Crippen molar-refractivity contribution in [2.75, 3.05) is 13.7 Å². The Morgan fingerprint density at radius 2 is 1.82 bits per heavy atom. The first-order chi connectivity index (χ1) is 7.79. The number of halogens is 5. The van der Waals surface area contributed by atoms with Crippen LogP contribution in [0.1, 0.15) is 13.3 Å². The zero-order valence-electron chi connectivity index (χ0n) is 9.20. The van der Waals surface area contributed by atoms with Gasteiger partial charge in [-0.25, -0.2) is 0 Å². The zero-order chi connectivity index (χ0) is 13.1. The van der Waals surface area contributed by atoms with Crippen molar-refractivity contribution in [3.8, 4) is 0 Å². The largest absolute Gasteiger partial charge is 0.376 e. The Morgan fingerprint density at radius 1 is 1.24 bits per heavy atom. The first-order valence-corrected chi connectivity index (χ1v) is 6.98. The molecule has 2 aliphatic rings. The minimum Gasteiger partial charge on any atom is -0.376 e. The fourth-order valence-electron chi connectivity index (χ4n) is 2.55. The summed E-state index contributed by atoms with van der Waals surface area (Å²) in [6.07, 6.45) is -0.0720. The van der Waals surface area contributed by atoms with Gasteiger partial charge in [0.2, 0.25) is 0 Å². The van der Waals surface area contributed by atoms with E-state index in [0.29, 0.717) is 13.0 Å². The SMILES string of the molecule is CCO[C@H]1C[C@@]2(Cl)C(Cl)=C(Cl)[C@]1(Cl)[C@]2(Cl)OC. The third-order valence-corrected chi connectivity index (χ3v) is 6.96. The van der Waals surface area contributed by atoms with E-state index in [1.165, 1.54) is 7.11 Å². The van der Waals surface area contributed by atoms with Gasteiger partial charge in [-0.1, -0.05) is 34.8 Å². The predicted molar refractivity (Wildman–Crippen MR) is 71.5 cm³/mol. The van der Waals surface area contributed by atoms with Gasteiger partial charge in [-0.3, -0.25) is 0 Å². The molecule has 0 aromatic carbocycles. The van der Waals surface area contributed by atoms with Crippen LogP contribution in [0.4, 0.5) is 0 Å². The van der Waals surface area contributed by atoms with Crippen LogP contribution in [0.3, 0.4) is 0 Å². The van der Waals surface area contributed by atoms with Crippen LogP contribution in [-0.2, 0) is 9.47 Å². The van der Waals surface area contributed by atoms with E-state index in [0.717, 1.165) is 0 Å². The predicted octanol–water partition coefficient (Wildman–Crippen LogP) is 4.03. The van der Waals surface area contributed by atoms with Gasteiger partial charge in [0.1, 0.15) is 4.87 Å². The molecule has 17 heavy (non-hydrogen) atoms. The Bertz CT molecular complexity index is 387. The highest BCUT2D eigenvalue weighted by molar-refractivity contribution is 6.56. The van der Waals surface area contributed by atoms with E-state index >= 15 is 0 Å². The maximum atomic E-state index is 6.54. The highest BCUT2D eigenvalue weighted by atomic mass is 35.5. The smallest absolute Gasteiger partial charge is 0.192 e. The molecule has 0 aromatic rings. The van der Waals surface area contributed by atoms with E-state index < -0.39 is 20.9 Å². The topological polar surface area (TPSA) is 18.5 Å². The van der Waals surface area contributed by atoms with E-state index in [1.807, 2.05) is 6.92 Å². The molecule has 2 nitrogen and oxygen atoms in total. The molecule has 4 atom stereocenters. The second-order valence-corrected chi connectivity index (χ2v) is 6.62. The number of alkyl halides is 3. The van der Waals surface area contributed by atoms with Crippen LogP contribution in [0.25, 0.3) is 0 Å². The molecule has 1 saturated carbocycles. The molecule has 2 bridgehead atoms. The first kappa shape index (κ1) is 14.5. The van der Waals surface area contributed by atoms with Gasteiger partial charge in [0, 0.05) is 20.1 Å². The summed E-state index contributed by atoms with van der Waals surface area (Å²) >= 11 is 31.8. The molecule has 0 aliphatic heterocycles. The molecule has 0 heterocycles. The number of hydrogen-bond donors (Lipinski definition) is 0. The van der Waals surface area contributed by atoms with E-state index in [2.05, 4.69) is 0 Å². The average Bonchev–Trinajstić information content (AvgIpc) is 2.54. The summed E-state index contributed by atoms with van der Waals surface area (Å²) < 4.78 is 10.9. The Balaban J connectivity index is 2.57. The molecule has 0 saturated heterocycles. The van der Waals surface area contributed by atoms with Crippen molar-refractivity contribution in [2.24, 2.45) is 0 Å². The van der Waals surface area contributed by atoms with Gasteiger partial charge >= 0.3 is 0 Å². The lowest BCUT2D eigenvalue weighted by atomic mass is 10.0. The van der Waals surface area contributed by atoms with Crippen molar-refractivity contribution in [1.29, 1.82) is 0 Å². The maximum Gasteiger partial charge on any atom is 0.192 e. The van der Waals surface area contributed by atoms with Crippen molar-refractivity contribution in [1.82, 2.24) is 0 Å². The highest BCUT2D eigenvalue weighted by Gasteiger charge is 2.80. The minimum absolute atomic E-state index is 0.206. The first-order valence-electron chi connectivity index (χ1n) is 5.09. The van der Waals surface area contributed by atoms with E-state index in [4.69, 9.17) is 67.5 Å². The normalized spacial score (nSPS) is 49.2. The van der Waals surface area contributed by atoms with Crippen LogP contribution >= 0.6 is 58.0 Å². The molecule has 0 unspecified atom stereocenters. The second kappa shape index (κ2) is 4.31. The molecule has 0 spiro atoms. The molecule has 0 aromatic heterocycles. The monoisotopic (exact) mass is 338 g/mol. The van der Waals surface area contributed by atoms with Gasteiger partial charge < -0.3 is 9.47 Å². The number of methoxy groups -OCH3 is 1. The van der Waals surface area contributed by atoms with Crippen LogP contribution in [0, 0.1) is 0 Å². The summed E-state index contributed by atoms with van der Waals surface area (Å²) in [5.74, 6) is 0. The minimum atomic E-state index is -1.41. The van der Waals surface area contributed by atoms with Gasteiger partial charge in [-0.2, -0.15) is 0 Å². The number of fused-ring (bicyclic) bond motifs is 2. The summed E-state index contributed by atoms with van der Waals surface area (Å²) in [7, 11) is 1.43. The Morgan fingerprint density at radius 3 is 2.24 bits per heavy atom. The third-order valence-electron chi connectivity index (χ3n) is 3.40. The number of rotatable bonds is 3. The standard InChI is InChI=1S/C10H11Cl5O2/c1-3-17-5-4-8(13)6(11)7(12)9(5,14)10(8,15)16-2/h5H,3-4H2,1-2H3/t5-,8+,9-,10+/m0/s1. The fourth-order valence-corrected chi connectivity index (χ4v) is 4.89. The summed E-state index contributed by atoms with van der Waals surface area (Å²) in [5, 5.41) is -0.960. The van der Waals surface area contributed by atoms with Gasteiger partial charge in [-0.15, -0.1) is 23.2 Å². The van der Waals surface area contributed by atoms with E-state index in [9.17, 15) is 0 Å². The van der Waals surface area contributed by atoms with Crippen molar-refractivity contribution in [3.63, 3.8) is 0 Å². The summed E-state index contributed by atoms with van der Waals surface area (Å²) in [5.41, 5.74) is 0. The molecule has 0 N–H and O–H groups in total. The quantitative estimate of drug-likeness (QED) is 0.722. The zero-order valence-corrected chi connectivity index (χ0v) is 13.0. The van der Waals surface area contributed by atoms with Crippen LogP contribution in [0.2, 0.25) is 0 Å². The Kier molecular flexibility index (Phi) is 3.68. The van der Waals surface area contributed by atoms with Gasteiger partial charge in [-0.05, 0) is 6.92 Å². The Hall–Kier alpha value is 1.11. The summed E-state index contributed by atoms with van der Waals surface area (Å²) in [6.45, 7) is 2.33. The Labute approximate surface area is 125 Å². The lowest BCUT2D eigenvalue weighted by molar-refractivity contribution is 0.00718. The number of hydrogen-bond acceptors (Lipinski definition) is 2. The van der Waals surface area contributed by atoms with Crippen molar-refractivity contribution in [2.45, 2.75) is 34.3 Å². The average molecular weight is 340 g/mol. The van der Waals surface area contributed by atoms with Gasteiger partial charge in [0.05, 0.1) is 16.2 Å². The molecule has 1 fully saturated rings. The molecule has 0 amide bonds. The van der Waals surface area contributed by atoms with Gasteiger partial charge in [0.25, 0.3) is 0 Å². The molecule has 98 valence electrons. The highest BCUT2D eigenvalue weighted by Crippen LogP contribution is 2.71. The molecule has 2 rings (SSSR count). The van der Waals surface area contributed by atoms with Crippen LogP contribution < -0.4 is 0 Å². The second-order valence-electron chi connectivity index (χ2n) is 4.09. The fraction of sp³-hybridized carbons (Fsp3) is 0.800. The van der Waals surface area contributed by atoms with Crippen molar-refractivity contribution < 1.29 is 9.47 Å². The van der Waals surface area contributed by atoms with Crippen LogP contribution in [-0.4, -0.2) is 34.6 Å². The van der Waals surface area contributed by atoms with Crippen LogP contribution in [0.15, 0.2) is 10.1 Å². The van der Waals surface area contributed by atoms with Crippen molar-refractivity contribution >= 4 is 58.0 Å². The molecule has 2 aliphatic carbocycles. The third kappa shape index (κ3) is 1.44. The molecular formula is C10H11Cl5O2.